The van der Waals surface area contributed by atoms with Crippen LogP contribution in [0, 0.1) is 11.2 Å². The zero-order chi connectivity index (χ0) is 26.3. The van der Waals surface area contributed by atoms with Crippen LogP contribution in [0.1, 0.15) is 18.4 Å². The minimum absolute atomic E-state index is 0.380. The number of rotatable bonds is 7. The van der Waals surface area contributed by atoms with Crippen LogP contribution in [0.25, 0.3) is 6.08 Å². The molecule has 38 heavy (non-hydrogen) atoms. The first kappa shape index (κ1) is 23.6. The van der Waals surface area contributed by atoms with Gasteiger partial charge in [0.25, 0.3) is 0 Å². The number of nitrogens with zero attached hydrogens (tertiary/aromatic N) is 4. The molecule has 2 amide bonds. The molecule has 2 aliphatic heterocycles. The van der Waals surface area contributed by atoms with Crippen molar-refractivity contribution in [3.8, 4) is 5.75 Å². The molecule has 1 saturated carbocycles. The molecule has 0 radical (unpaired) electrons. The first-order valence-electron chi connectivity index (χ1n) is 12.2. The number of anilines is 4. The number of hydrogen-bond donors (Lipinski definition) is 3. The fourth-order valence-corrected chi connectivity index (χ4v) is 4.42. The molecule has 10 nitrogen and oxygen atoms in total. The van der Waals surface area contributed by atoms with Crippen LogP contribution in [-0.4, -0.2) is 47.8 Å². The van der Waals surface area contributed by atoms with Crippen LogP contribution >= 0.6 is 0 Å². The number of aromatic nitrogens is 2. The first-order chi connectivity index (χ1) is 18.4. The molecule has 0 unspecified atom stereocenters. The summed E-state index contributed by atoms with van der Waals surface area (Å²) in [5.41, 5.74) is 0.677. The highest BCUT2D eigenvalue weighted by Gasteiger charge is 2.56. The average molecular weight is 514 g/mol. The molecule has 3 aliphatic rings. The zero-order valence-electron chi connectivity index (χ0n) is 20.5. The summed E-state index contributed by atoms with van der Waals surface area (Å²) in [4.78, 5) is 41.2. The van der Waals surface area contributed by atoms with Gasteiger partial charge in [0, 0.05) is 36.7 Å². The van der Waals surface area contributed by atoms with Gasteiger partial charge >= 0.3 is 0 Å². The van der Waals surface area contributed by atoms with E-state index in [2.05, 4.69) is 30.9 Å². The number of carbonyl (C=O) groups is 2. The minimum atomic E-state index is -1.14. The number of amides is 2. The van der Waals surface area contributed by atoms with Crippen molar-refractivity contribution in [2.45, 2.75) is 12.8 Å². The third-order valence-electron chi connectivity index (χ3n) is 6.68. The number of aliphatic imine (C=N–C) groups is 1. The Balaban J connectivity index is 1.13. The fourth-order valence-electron chi connectivity index (χ4n) is 4.42. The van der Waals surface area contributed by atoms with Gasteiger partial charge in [-0.25, -0.2) is 9.37 Å². The van der Waals surface area contributed by atoms with Crippen molar-refractivity contribution in [2.24, 2.45) is 10.4 Å². The van der Waals surface area contributed by atoms with Crippen LogP contribution in [0.3, 0.4) is 0 Å². The van der Waals surface area contributed by atoms with Gasteiger partial charge in [-0.3, -0.25) is 14.6 Å². The molecule has 6 rings (SSSR count). The number of hydrogen-bond acceptors (Lipinski definition) is 8. The summed E-state index contributed by atoms with van der Waals surface area (Å²) >= 11 is 0. The van der Waals surface area contributed by atoms with Crippen molar-refractivity contribution in [2.75, 3.05) is 41.0 Å². The van der Waals surface area contributed by atoms with E-state index in [-0.39, 0.29) is 5.91 Å². The Kier molecular flexibility index (Phi) is 5.74. The summed E-state index contributed by atoms with van der Waals surface area (Å²) in [6.07, 6.45) is 4.49. The van der Waals surface area contributed by atoms with Crippen LogP contribution in [0.15, 0.2) is 65.5 Å². The molecule has 2 aromatic carbocycles. The lowest BCUT2D eigenvalue weighted by atomic mass is 10.0. The molecule has 192 valence electrons. The lowest BCUT2D eigenvalue weighted by Crippen LogP contribution is -2.35. The van der Waals surface area contributed by atoms with E-state index in [9.17, 15) is 14.0 Å². The van der Waals surface area contributed by atoms with E-state index < -0.39 is 17.1 Å². The maximum absolute atomic E-state index is 13.1. The molecule has 0 spiro atoms. The first-order valence-corrected chi connectivity index (χ1v) is 12.2. The summed E-state index contributed by atoms with van der Waals surface area (Å²) in [7, 11) is 1.77. The van der Waals surface area contributed by atoms with E-state index in [1.54, 1.807) is 37.5 Å². The van der Waals surface area contributed by atoms with Crippen molar-refractivity contribution in [3.05, 3.63) is 71.9 Å². The molecular formula is C27H24FN7O3. The smallest absolute Gasteiger partial charge is 0.240 e. The second-order valence-electron chi connectivity index (χ2n) is 9.21. The highest BCUT2D eigenvalue weighted by atomic mass is 19.1. The van der Waals surface area contributed by atoms with Crippen LogP contribution in [0.4, 0.5) is 27.5 Å². The summed E-state index contributed by atoms with van der Waals surface area (Å²) in [5, 5.41) is 8.49. The normalized spacial score (nSPS) is 16.4. The Labute approximate surface area is 217 Å². The molecule has 3 heterocycles. The Morgan fingerprint density at radius 2 is 1.66 bits per heavy atom. The Morgan fingerprint density at radius 3 is 2.29 bits per heavy atom. The maximum atomic E-state index is 13.1. The minimum Gasteiger partial charge on any atom is -0.453 e. The molecule has 1 fully saturated rings. The summed E-state index contributed by atoms with van der Waals surface area (Å²) in [6.45, 7) is 1.33. The number of fused-ring (bicyclic) bond motifs is 3. The fraction of sp³-hybridized carbons (Fsp3) is 0.222. The number of carbonyl (C=O) groups excluding carboxylic acids is 2. The Morgan fingerprint density at radius 1 is 1.00 bits per heavy atom. The van der Waals surface area contributed by atoms with Gasteiger partial charge in [-0.1, -0.05) is 0 Å². The number of ether oxygens (including phenoxy) is 1. The van der Waals surface area contributed by atoms with Crippen LogP contribution in [-0.2, 0) is 9.59 Å². The van der Waals surface area contributed by atoms with Crippen molar-refractivity contribution >= 4 is 46.9 Å². The highest BCUT2D eigenvalue weighted by Crippen LogP contribution is 2.47. The maximum Gasteiger partial charge on any atom is 0.240 e. The zero-order valence-corrected chi connectivity index (χ0v) is 20.5. The molecule has 0 atom stereocenters. The molecule has 1 aromatic heterocycles. The van der Waals surface area contributed by atoms with E-state index in [1.807, 2.05) is 11.0 Å². The SMILES string of the molecule is CNc1ncc2c(n1)N1CCN=C1C(Oc1ccc(NC(=O)C3(C(=O)Nc4ccc(F)cc4)CC3)cc1)=C2. The van der Waals surface area contributed by atoms with E-state index >= 15 is 0 Å². The standard InChI is InChI=1S/C27H24FN7O3/c1-29-26-31-15-16-14-21(23-30-12-13-35(23)22(16)34-26)38-20-8-6-19(7-9-20)33-25(37)27(10-11-27)24(36)32-18-4-2-17(28)3-5-18/h2-9,14-15H,10-13H2,1H3,(H,32,36)(H,33,37)(H,29,31,34). The van der Waals surface area contributed by atoms with Gasteiger partial charge in [0.2, 0.25) is 17.8 Å². The Bertz CT molecular complexity index is 1480. The third-order valence-corrected chi connectivity index (χ3v) is 6.68. The molecular weight excluding hydrogens is 489 g/mol. The lowest BCUT2D eigenvalue weighted by molar-refractivity contribution is -0.131. The highest BCUT2D eigenvalue weighted by molar-refractivity contribution is 6.17. The molecule has 3 N–H and O–H groups in total. The van der Waals surface area contributed by atoms with Gasteiger partial charge in [-0.2, -0.15) is 4.98 Å². The Hall–Kier alpha value is -4.80. The van der Waals surface area contributed by atoms with Gasteiger partial charge in [0.05, 0.1) is 6.54 Å². The topological polar surface area (TPSA) is 121 Å². The largest absolute Gasteiger partial charge is 0.453 e. The van der Waals surface area contributed by atoms with Crippen molar-refractivity contribution in [1.82, 2.24) is 9.97 Å². The number of nitrogens with one attached hydrogen (secondary N) is 3. The van der Waals surface area contributed by atoms with Crippen molar-refractivity contribution < 1.29 is 18.7 Å². The van der Waals surface area contributed by atoms with Gasteiger partial charge < -0.3 is 25.6 Å². The quantitative estimate of drug-likeness (QED) is 0.412. The van der Waals surface area contributed by atoms with Gasteiger partial charge in [0.15, 0.2) is 11.6 Å². The van der Waals surface area contributed by atoms with Crippen LogP contribution < -0.4 is 25.6 Å². The molecule has 1 aliphatic carbocycles. The molecule has 0 saturated heterocycles. The van der Waals surface area contributed by atoms with E-state index in [0.717, 1.165) is 11.4 Å². The average Bonchev–Trinajstić information content (AvgIpc) is 3.60. The van der Waals surface area contributed by atoms with Crippen LogP contribution in [0.2, 0.25) is 0 Å². The summed E-state index contributed by atoms with van der Waals surface area (Å²) in [5.74, 6) is 1.99. The van der Waals surface area contributed by atoms with Crippen molar-refractivity contribution in [1.29, 1.82) is 0 Å². The monoisotopic (exact) mass is 513 g/mol. The molecule has 0 bridgehead atoms. The number of amidine groups is 1. The number of benzene rings is 2. The third kappa shape index (κ3) is 4.32. The van der Waals surface area contributed by atoms with Gasteiger partial charge in [0.1, 0.15) is 22.8 Å². The number of halogens is 1. The second-order valence-corrected chi connectivity index (χ2v) is 9.21. The van der Waals surface area contributed by atoms with E-state index in [0.29, 0.717) is 60.6 Å². The van der Waals surface area contributed by atoms with Crippen LogP contribution in [0.5, 0.6) is 5.75 Å². The molecule has 11 heteroatoms. The summed E-state index contributed by atoms with van der Waals surface area (Å²) < 4.78 is 19.3. The second kappa shape index (κ2) is 9.25. The summed E-state index contributed by atoms with van der Waals surface area (Å²) in [6, 6.07) is 12.3. The van der Waals surface area contributed by atoms with Crippen molar-refractivity contribution in [3.63, 3.8) is 0 Å². The predicted molar refractivity (Wildman–Crippen MR) is 142 cm³/mol. The van der Waals surface area contributed by atoms with Gasteiger partial charge in [-0.05, 0) is 67.4 Å². The lowest BCUT2D eigenvalue weighted by Gasteiger charge is -2.27. The van der Waals surface area contributed by atoms with E-state index in [4.69, 9.17) is 4.74 Å². The van der Waals surface area contributed by atoms with E-state index in [1.165, 1.54) is 24.3 Å². The van der Waals surface area contributed by atoms with Gasteiger partial charge in [-0.15, -0.1) is 0 Å². The predicted octanol–water partition coefficient (Wildman–Crippen LogP) is 3.67. The molecule has 3 aromatic rings.